The van der Waals surface area contributed by atoms with Gasteiger partial charge in [0.1, 0.15) is 11.9 Å². The van der Waals surface area contributed by atoms with Crippen LogP contribution in [0.2, 0.25) is 4.34 Å². The van der Waals surface area contributed by atoms with Gasteiger partial charge in [-0.3, -0.25) is 0 Å². The highest BCUT2D eigenvalue weighted by atomic mass is 35.5. The summed E-state index contributed by atoms with van der Waals surface area (Å²) >= 11 is 7.27. The highest BCUT2D eigenvalue weighted by molar-refractivity contribution is 7.16. The van der Waals surface area contributed by atoms with Crippen molar-refractivity contribution in [2.24, 2.45) is 4.99 Å². The summed E-state index contributed by atoms with van der Waals surface area (Å²) in [5.41, 5.74) is 1.58. The van der Waals surface area contributed by atoms with E-state index in [0.717, 1.165) is 10.4 Å². The number of thiophene rings is 1. The Bertz CT molecular complexity index is 766. The Hall–Kier alpha value is -1.67. The third kappa shape index (κ3) is 7.10. The molecule has 2 rings (SSSR count). The Kier molecular flexibility index (Phi) is 8.50. The van der Waals surface area contributed by atoms with Gasteiger partial charge in [0.25, 0.3) is 0 Å². The van der Waals surface area contributed by atoms with E-state index in [-0.39, 0.29) is 5.82 Å². The second kappa shape index (κ2) is 10.6. The zero-order valence-corrected chi connectivity index (χ0v) is 17.4. The van der Waals surface area contributed by atoms with Crippen LogP contribution in [0, 0.1) is 5.82 Å². The Morgan fingerprint density at radius 2 is 2.07 bits per heavy atom. The Labute approximate surface area is 168 Å². The number of benzene rings is 1. The fourth-order valence-electron chi connectivity index (χ4n) is 2.50. The molecule has 5 nitrogen and oxygen atoms in total. The van der Waals surface area contributed by atoms with Gasteiger partial charge in [-0.05, 0) is 50.8 Å². The molecule has 0 fully saturated rings. The second-order valence-electron chi connectivity index (χ2n) is 6.40. The van der Waals surface area contributed by atoms with Gasteiger partial charge in [0, 0.05) is 30.1 Å². The predicted octanol–water partition coefficient (Wildman–Crippen LogP) is 3.39. The van der Waals surface area contributed by atoms with Crippen molar-refractivity contribution < 1.29 is 9.50 Å². The van der Waals surface area contributed by atoms with Crippen LogP contribution >= 0.6 is 22.9 Å². The molecule has 2 aromatic rings. The SMILES string of the molecule is CCNC(=NCc1ccc(F)c(CN(C)C)c1)NCC(O)c1ccc(Cl)s1. The first-order valence-corrected chi connectivity index (χ1v) is 9.96. The van der Waals surface area contributed by atoms with Gasteiger partial charge in [0.05, 0.1) is 10.9 Å². The lowest BCUT2D eigenvalue weighted by Crippen LogP contribution is -2.39. The number of guanidine groups is 1. The molecule has 0 bridgehead atoms. The molecule has 27 heavy (non-hydrogen) atoms. The summed E-state index contributed by atoms with van der Waals surface area (Å²) < 4.78 is 14.5. The summed E-state index contributed by atoms with van der Waals surface area (Å²) in [4.78, 5) is 7.26. The van der Waals surface area contributed by atoms with E-state index in [2.05, 4.69) is 15.6 Å². The lowest BCUT2D eigenvalue weighted by molar-refractivity contribution is 0.184. The molecule has 8 heteroatoms. The summed E-state index contributed by atoms with van der Waals surface area (Å²) in [6, 6.07) is 8.64. The number of hydrogen-bond donors (Lipinski definition) is 3. The van der Waals surface area contributed by atoms with E-state index in [0.29, 0.717) is 42.0 Å². The lowest BCUT2D eigenvalue weighted by atomic mass is 10.1. The lowest BCUT2D eigenvalue weighted by Gasteiger charge is -2.15. The van der Waals surface area contributed by atoms with Gasteiger partial charge in [-0.2, -0.15) is 0 Å². The first-order chi connectivity index (χ1) is 12.9. The highest BCUT2D eigenvalue weighted by Gasteiger charge is 2.11. The number of halogens is 2. The van der Waals surface area contributed by atoms with Crippen LogP contribution in [0.15, 0.2) is 35.3 Å². The van der Waals surface area contributed by atoms with Crippen LogP contribution in [0.5, 0.6) is 0 Å². The number of nitrogens with zero attached hydrogens (tertiary/aromatic N) is 2. The normalized spacial score (nSPS) is 13.1. The average Bonchev–Trinajstić information content (AvgIpc) is 3.05. The summed E-state index contributed by atoms with van der Waals surface area (Å²) in [5, 5.41) is 16.5. The number of rotatable bonds is 8. The summed E-state index contributed by atoms with van der Waals surface area (Å²) in [6.07, 6.45) is -0.663. The van der Waals surface area contributed by atoms with Crippen molar-refractivity contribution in [3.8, 4) is 0 Å². The van der Waals surface area contributed by atoms with E-state index in [1.54, 1.807) is 12.1 Å². The molecule has 0 aliphatic heterocycles. The molecule has 1 heterocycles. The van der Waals surface area contributed by atoms with Crippen molar-refractivity contribution in [2.75, 3.05) is 27.2 Å². The Morgan fingerprint density at radius 1 is 1.30 bits per heavy atom. The van der Waals surface area contributed by atoms with Crippen LogP contribution in [0.4, 0.5) is 4.39 Å². The largest absolute Gasteiger partial charge is 0.386 e. The molecule has 148 valence electrons. The summed E-state index contributed by atoms with van der Waals surface area (Å²) in [7, 11) is 3.81. The van der Waals surface area contributed by atoms with Crippen molar-refractivity contribution in [2.45, 2.75) is 26.1 Å². The number of aliphatic imine (C=N–C) groups is 1. The summed E-state index contributed by atoms with van der Waals surface area (Å²) in [5.74, 6) is 0.386. The average molecular weight is 413 g/mol. The van der Waals surface area contributed by atoms with Crippen molar-refractivity contribution in [3.63, 3.8) is 0 Å². The first kappa shape index (κ1) is 21.6. The molecule has 0 aliphatic rings. The van der Waals surface area contributed by atoms with Gasteiger partial charge >= 0.3 is 0 Å². The fraction of sp³-hybridized carbons (Fsp3) is 0.421. The third-order valence-corrected chi connectivity index (χ3v) is 5.08. The molecule has 1 unspecified atom stereocenters. The van der Waals surface area contributed by atoms with Gasteiger partial charge in [0.2, 0.25) is 0 Å². The van der Waals surface area contributed by atoms with E-state index in [4.69, 9.17) is 11.6 Å². The minimum absolute atomic E-state index is 0.209. The molecule has 1 atom stereocenters. The minimum atomic E-state index is -0.663. The smallest absolute Gasteiger partial charge is 0.191 e. The predicted molar refractivity (Wildman–Crippen MR) is 111 cm³/mol. The second-order valence-corrected chi connectivity index (χ2v) is 8.14. The number of hydrogen-bond acceptors (Lipinski definition) is 4. The molecule has 0 saturated carbocycles. The maximum Gasteiger partial charge on any atom is 0.191 e. The van der Waals surface area contributed by atoms with Crippen LogP contribution in [-0.2, 0) is 13.1 Å². The molecule has 0 radical (unpaired) electrons. The third-order valence-electron chi connectivity index (χ3n) is 3.75. The topological polar surface area (TPSA) is 59.9 Å². The van der Waals surface area contributed by atoms with E-state index >= 15 is 0 Å². The molecule has 0 spiro atoms. The van der Waals surface area contributed by atoms with Gasteiger partial charge in [-0.25, -0.2) is 9.38 Å². The zero-order chi connectivity index (χ0) is 19.8. The van der Waals surface area contributed by atoms with Crippen molar-refractivity contribution >= 4 is 28.9 Å². The Balaban J connectivity index is 2.00. The van der Waals surface area contributed by atoms with Crippen LogP contribution in [0.25, 0.3) is 0 Å². The standard InChI is InChI=1S/C19H26ClFN4OS/c1-4-22-19(24-11-16(26)17-7-8-18(20)27-17)23-10-13-5-6-15(21)14(9-13)12-25(2)3/h5-9,16,26H,4,10-12H2,1-3H3,(H2,22,23,24). The monoisotopic (exact) mass is 412 g/mol. The zero-order valence-electron chi connectivity index (χ0n) is 15.8. The number of nitrogens with one attached hydrogen (secondary N) is 2. The van der Waals surface area contributed by atoms with Gasteiger partial charge in [-0.1, -0.05) is 17.7 Å². The quantitative estimate of drug-likeness (QED) is 0.459. The molecule has 1 aromatic heterocycles. The van der Waals surface area contributed by atoms with Gasteiger partial charge in [0.15, 0.2) is 5.96 Å². The molecular formula is C19H26ClFN4OS. The van der Waals surface area contributed by atoms with Crippen molar-refractivity contribution in [1.29, 1.82) is 0 Å². The minimum Gasteiger partial charge on any atom is -0.386 e. The van der Waals surface area contributed by atoms with Crippen LogP contribution in [0.1, 0.15) is 29.0 Å². The van der Waals surface area contributed by atoms with E-state index in [9.17, 15) is 9.50 Å². The maximum atomic E-state index is 13.9. The number of aliphatic hydroxyl groups excluding tert-OH is 1. The molecule has 0 saturated heterocycles. The molecule has 0 aliphatic carbocycles. The van der Waals surface area contributed by atoms with Crippen LogP contribution in [0.3, 0.4) is 0 Å². The number of aliphatic hydroxyl groups is 1. The van der Waals surface area contributed by atoms with E-state index in [1.165, 1.54) is 17.4 Å². The van der Waals surface area contributed by atoms with Crippen molar-refractivity contribution in [3.05, 3.63) is 56.5 Å². The van der Waals surface area contributed by atoms with Gasteiger partial charge < -0.3 is 20.6 Å². The highest BCUT2D eigenvalue weighted by Crippen LogP contribution is 2.26. The van der Waals surface area contributed by atoms with Gasteiger partial charge in [-0.15, -0.1) is 11.3 Å². The maximum absolute atomic E-state index is 13.9. The van der Waals surface area contributed by atoms with E-state index < -0.39 is 6.10 Å². The van der Waals surface area contributed by atoms with Crippen LogP contribution < -0.4 is 10.6 Å². The molecular weight excluding hydrogens is 387 g/mol. The molecule has 0 amide bonds. The summed E-state index contributed by atoms with van der Waals surface area (Å²) in [6.45, 7) is 3.94. The Morgan fingerprint density at radius 3 is 2.70 bits per heavy atom. The fourth-order valence-corrected chi connectivity index (χ4v) is 3.55. The van der Waals surface area contributed by atoms with E-state index in [1.807, 2.05) is 38.1 Å². The molecule has 3 N–H and O–H groups in total. The first-order valence-electron chi connectivity index (χ1n) is 8.76. The molecule has 1 aromatic carbocycles. The van der Waals surface area contributed by atoms with Crippen LogP contribution in [-0.4, -0.2) is 43.2 Å². The van der Waals surface area contributed by atoms with Crippen molar-refractivity contribution in [1.82, 2.24) is 15.5 Å².